The van der Waals surface area contributed by atoms with E-state index in [0.29, 0.717) is 12.5 Å². The van der Waals surface area contributed by atoms with Gasteiger partial charge in [-0.05, 0) is 19.3 Å². The van der Waals surface area contributed by atoms with Crippen LogP contribution in [0, 0.1) is 5.92 Å². The van der Waals surface area contributed by atoms with Gasteiger partial charge in [-0.2, -0.15) is 0 Å². The van der Waals surface area contributed by atoms with Crippen molar-refractivity contribution >= 4 is 5.91 Å². The molecule has 1 atom stereocenters. The van der Waals surface area contributed by atoms with Gasteiger partial charge in [0.2, 0.25) is 5.91 Å². The van der Waals surface area contributed by atoms with E-state index in [-0.39, 0.29) is 5.91 Å². The fourth-order valence-electron chi connectivity index (χ4n) is 1.96. The van der Waals surface area contributed by atoms with Crippen molar-refractivity contribution < 1.29 is 4.79 Å². The molecule has 1 N–H and O–H groups in total. The Morgan fingerprint density at radius 3 is 2.60 bits per heavy atom. The summed E-state index contributed by atoms with van der Waals surface area (Å²) in [7, 11) is 3.61. The topological polar surface area (TPSA) is 32.3 Å². The SMILES string of the molecule is CC(CC1CCC1)NCCC(=O)N(C)C. The molecule has 0 heterocycles. The smallest absolute Gasteiger partial charge is 0.223 e. The van der Waals surface area contributed by atoms with Crippen molar-refractivity contribution in [1.82, 2.24) is 10.2 Å². The molecule has 0 bridgehead atoms. The Morgan fingerprint density at radius 2 is 2.13 bits per heavy atom. The van der Waals surface area contributed by atoms with Gasteiger partial charge in [-0.25, -0.2) is 0 Å². The zero-order chi connectivity index (χ0) is 11.3. The summed E-state index contributed by atoms with van der Waals surface area (Å²) in [6, 6.07) is 0.560. The van der Waals surface area contributed by atoms with Gasteiger partial charge in [-0.3, -0.25) is 4.79 Å². The fraction of sp³-hybridized carbons (Fsp3) is 0.917. The molecule has 1 rings (SSSR count). The van der Waals surface area contributed by atoms with Crippen LogP contribution in [-0.2, 0) is 4.79 Å². The second kappa shape index (κ2) is 6.11. The van der Waals surface area contributed by atoms with Crippen molar-refractivity contribution in [2.75, 3.05) is 20.6 Å². The maximum Gasteiger partial charge on any atom is 0.223 e. The number of hydrogen-bond donors (Lipinski definition) is 1. The van der Waals surface area contributed by atoms with Crippen molar-refractivity contribution in [2.45, 2.75) is 45.1 Å². The summed E-state index contributed by atoms with van der Waals surface area (Å²) in [6.45, 7) is 3.03. The quantitative estimate of drug-likeness (QED) is 0.726. The van der Waals surface area contributed by atoms with Crippen molar-refractivity contribution in [3.8, 4) is 0 Å². The number of nitrogens with one attached hydrogen (secondary N) is 1. The lowest BCUT2D eigenvalue weighted by atomic mass is 9.81. The predicted molar refractivity (Wildman–Crippen MR) is 62.7 cm³/mol. The van der Waals surface area contributed by atoms with E-state index in [1.54, 1.807) is 19.0 Å². The molecule has 3 heteroatoms. The molecule has 1 aliphatic rings. The molecule has 3 nitrogen and oxygen atoms in total. The van der Waals surface area contributed by atoms with Crippen LogP contribution in [0.25, 0.3) is 0 Å². The number of carbonyl (C=O) groups is 1. The molecule has 1 fully saturated rings. The molecule has 88 valence electrons. The van der Waals surface area contributed by atoms with E-state index < -0.39 is 0 Å². The molecular weight excluding hydrogens is 188 g/mol. The van der Waals surface area contributed by atoms with Crippen molar-refractivity contribution in [3.63, 3.8) is 0 Å². The van der Waals surface area contributed by atoms with Crippen LogP contribution in [0.3, 0.4) is 0 Å². The molecule has 0 spiro atoms. The van der Waals surface area contributed by atoms with Crippen LogP contribution >= 0.6 is 0 Å². The van der Waals surface area contributed by atoms with E-state index in [9.17, 15) is 4.79 Å². The van der Waals surface area contributed by atoms with Gasteiger partial charge in [0.25, 0.3) is 0 Å². The van der Waals surface area contributed by atoms with E-state index in [4.69, 9.17) is 0 Å². The normalized spacial score (nSPS) is 18.3. The molecule has 1 unspecified atom stereocenters. The van der Waals surface area contributed by atoms with Gasteiger partial charge in [0.15, 0.2) is 0 Å². The monoisotopic (exact) mass is 212 g/mol. The number of hydrogen-bond acceptors (Lipinski definition) is 2. The molecule has 15 heavy (non-hydrogen) atoms. The summed E-state index contributed by atoms with van der Waals surface area (Å²) >= 11 is 0. The number of rotatable bonds is 6. The van der Waals surface area contributed by atoms with Crippen LogP contribution in [0.2, 0.25) is 0 Å². The van der Waals surface area contributed by atoms with Crippen LogP contribution < -0.4 is 5.32 Å². The molecule has 1 aliphatic carbocycles. The largest absolute Gasteiger partial charge is 0.349 e. The highest BCUT2D eigenvalue weighted by molar-refractivity contribution is 5.75. The van der Waals surface area contributed by atoms with E-state index in [1.807, 2.05) is 0 Å². The standard InChI is InChI=1S/C12H24N2O/c1-10(9-11-5-4-6-11)13-8-7-12(15)14(2)3/h10-11,13H,4-9H2,1-3H3. The third kappa shape index (κ3) is 4.65. The Bertz CT molecular complexity index is 200. The molecule has 0 radical (unpaired) electrons. The van der Waals surface area contributed by atoms with Gasteiger partial charge >= 0.3 is 0 Å². The maximum absolute atomic E-state index is 11.3. The van der Waals surface area contributed by atoms with Gasteiger partial charge in [0.1, 0.15) is 0 Å². The van der Waals surface area contributed by atoms with Crippen molar-refractivity contribution in [2.24, 2.45) is 5.92 Å². The summed E-state index contributed by atoms with van der Waals surface area (Å²) in [5.74, 6) is 1.15. The van der Waals surface area contributed by atoms with Crippen molar-refractivity contribution in [3.05, 3.63) is 0 Å². The first-order valence-corrected chi connectivity index (χ1v) is 6.03. The Balaban J connectivity index is 2.00. The fourth-order valence-corrected chi connectivity index (χ4v) is 1.96. The van der Waals surface area contributed by atoms with Gasteiger partial charge in [0, 0.05) is 33.1 Å². The third-order valence-corrected chi connectivity index (χ3v) is 3.24. The first kappa shape index (κ1) is 12.5. The van der Waals surface area contributed by atoms with E-state index in [0.717, 1.165) is 12.5 Å². The number of nitrogens with zero attached hydrogens (tertiary/aromatic N) is 1. The number of carbonyl (C=O) groups excluding carboxylic acids is 1. The molecule has 0 aromatic carbocycles. The lowest BCUT2D eigenvalue weighted by Gasteiger charge is -2.28. The first-order chi connectivity index (χ1) is 7.09. The Kier molecular flexibility index (Phi) is 5.09. The Labute approximate surface area is 93.2 Å². The molecule has 1 saturated carbocycles. The highest BCUT2D eigenvalue weighted by atomic mass is 16.2. The van der Waals surface area contributed by atoms with Gasteiger partial charge in [-0.15, -0.1) is 0 Å². The summed E-state index contributed by atoms with van der Waals surface area (Å²) in [5, 5.41) is 3.42. The third-order valence-electron chi connectivity index (χ3n) is 3.24. The molecule has 0 aliphatic heterocycles. The second-order valence-corrected chi connectivity index (χ2v) is 4.93. The van der Waals surface area contributed by atoms with Crippen LogP contribution in [-0.4, -0.2) is 37.5 Å². The van der Waals surface area contributed by atoms with E-state index in [1.165, 1.54) is 25.7 Å². The minimum atomic E-state index is 0.207. The minimum absolute atomic E-state index is 0.207. The predicted octanol–water partition coefficient (Wildman–Crippen LogP) is 1.63. The van der Waals surface area contributed by atoms with E-state index >= 15 is 0 Å². The number of amides is 1. The van der Waals surface area contributed by atoms with E-state index in [2.05, 4.69) is 12.2 Å². The zero-order valence-electron chi connectivity index (χ0n) is 10.3. The second-order valence-electron chi connectivity index (χ2n) is 4.93. The van der Waals surface area contributed by atoms with Crippen LogP contribution in [0.5, 0.6) is 0 Å². The van der Waals surface area contributed by atoms with Crippen LogP contribution in [0.1, 0.15) is 39.0 Å². The average Bonchev–Trinajstić information content (AvgIpc) is 2.11. The maximum atomic E-state index is 11.3. The first-order valence-electron chi connectivity index (χ1n) is 6.03. The highest BCUT2D eigenvalue weighted by Gasteiger charge is 2.19. The molecule has 0 aromatic rings. The van der Waals surface area contributed by atoms with Gasteiger partial charge in [0.05, 0.1) is 0 Å². The molecular formula is C12H24N2O. The van der Waals surface area contributed by atoms with Crippen LogP contribution in [0.4, 0.5) is 0 Å². The zero-order valence-corrected chi connectivity index (χ0v) is 10.3. The minimum Gasteiger partial charge on any atom is -0.349 e. The molecule has 0 saturated heterocycles. The Hall–Kier alpha value is -0.570. The molecule has 0 aromatic heterocycles. The summed E-state index contributed by atoms with van der Waals surface area (Å²) in [4.78, 5) is 13.0. The average molecular weight is 212 g/mol. The lowest BCUT2D eigenvalue weighted by molar-refractivity contribution is -0.128. The van der Waals surface area contributed by atoms with Gasteiger partial charge in [-0.1, -0.05) is 19.3 Å². The highest BCUT2D eigenvalue weighted by Crippen LogP contribution is 2.30. The van der Waals surface area contributed by atoms with Crippen LogP contribution in [0.15, 0.2) is 0 Å². The Morgan fingerprint density at radius 1 is 1.47 bits per heavy atom. The summed E-state index contributed by atoms with van der Waals surface area (Å²) in [6.07, 6.45) is 6.11. The summed E-state index contributed by atoms with van der Waals surface area (Å²) < 4.78 is 0. The lowest BCUT2D eigenvalue weighted by Crippen LogP contribution is -2.33. The molecule has 1 amide bonds. The van der Waals surface area contributed by atoms with Crippen molar-refractivity contribution in [1.29, 1.82) is 0 Å². The summed E-state index contributed by atoms with van der Waals surface area (Å²) in [5.41, 5.74) is 0. The van der Waals surface area contributed by atoms with Gasteiger partial charge < -0.3 is 10.2 Å².